The zero-order valence-corrected chi connectivity index (χ0v) is 8.06. The van der Waals surface area contributed by atoms with Crippen molar-refractivity contribution < 1.29 is 14.7 Å². The Hall–Kier alpha value is -1.50. The number of carbonyl (C=O) groups is 1. The summed E-state index contributed by atoms with van der Waals surface area (Å²) in [5, 5.41) is 14.2. The molecule has 0 aromatic rings. The van der Waals surface area contributed by atoms with Crippen LogP contribution in [0.25, 0.3) is 0 Å². The zero-order chi connectivity index (χ0) is 11.0. The number of nitrogens with two attached hydrogens (primary N) is 2. The minimum atomic E-state index is -0.816. The van der Waals surface area contributed by atoms with Gasteiger partial charge in [0.05, 0.1) is 6.04 Å². The van der Waals surface area contributed by atoms with Gasteiger partial charge in [0.15, 0.2) is 5.84 Å². The van der Waals surface area contributed by atoms with Crippen molar-refractivity contribution in [1.29, 1.82) is 0 Å². The number of nitrogens with zero attached hydrogens (tertiary/aromatic N) is 1. The fourth-order valence-corrected chi connectivity index (χ4v) is 0.913. The molecule has 0 aliphatic heterocycles. The molecule has 7 heteroatoms. The number of amidine groups is 1. The van der Waals surface area contributed by atoms with Crippen LogP contribution in [0.5, 0.6) is 0 Å². The lowest BCUT2D eigenvalue weighted by Crippen LogP contribution is -2.42. The Balaban J connectivity index is 3.69. The predicted molar refractivity (Wildman–Crippen MR) is 51.0 cm³/mol. The topological polar surface area (TPSA) is 123 Å². The molecule has 6 N–H and O–H groups in total. The van der Waals surface area contributed by atoms with E-state index in [9.17, 15) is 4.79 Å². The van der Waals surface area contributed by atoms with Crippen LogP contribution in [0.15, 0.2) is 5.16 Å². The molecule has 1 atom stereocenters. The van der Waals surface area contributed by atoms with E-state index in [-0.39, 0.29) is 18.5 Å². The van der Waals surface area contributed by atoms with Crippen molar-refractivity contribution in [2.45, 2.75) is 19.4 Å². The van der Waals surface area contributed by atoms with Gasteiger partial charge in [-0.05, 0) is 6.42 Å². The largest absolute Gasteiger partial charge is 0.448 e. The van der Waals surface area contributed by atoms with Gasteiger partial charge < -0.3 is 26.7 Å². The standard InChI is InChI=1S/C7H16N4O3/c1-2-5(6(8)11-13)10-3-4-14-7(9)12/h5,10,13H,2-4H2,1H3,(H2,8,11)(H2,9,12). The van der Waals surface area contributed by atoms with Gasteiger partial charge in [-0.3, -0.25) is 0 Å². The Morgan fingerprint density at radius 3 is 2.71 bits per heavy atom. The second-order valence-corrected chi connectivity index (χ2v) is 2.61. The van der Waals surface area contributed by atoms with E-state index in [1.807, 2.05) is 6.92 Å². The molecule has 0 aliphatic carbocycles. The molecule has 14 heavy (non-hydrogen) atoms. The first kappa shape index (κ1) is 12.5. The number of oxime groups is 1. The monoisotopic (exact) mass is 204 g/mol. The SMILES string of the molecule is CCC(NCCOC(N)=O)C(N)=NO. The molecule has 1 amide bonds. The van der Waals surface area contributed by atoms with Crippen LogP contribution in [0.3, 0.4) is 0 Å². The van der Waals surface area contributed by atoms with Crippen LogP contribution in [-0.2, 0) is 4.74 Å². The summed E-state index contributed by atoms with van der Waals surface area (Å²) in [5.41, 5.74) is 10.1. The van der Waals surface area contributed by atoms with Crippen LogP contribution in [0, 0.1) is 0 Å². The second kappa shape index (κ2) is 6.96. The fourth-order valence-electron chi connectivity index (χ4n) is 0.913. The predicted octanol–water partition coefficient (Wildman–Crippen LogP) is -0.804. The Labute approximate surface area is 82.1 Å². The summed E-state index contributed by atoms with van der Waals surface area (Å²) >= 11 is 0. The van der Waals surface area contributed by atoms with E-state index >= 15 is 0 Å². The van der Waals surface area contributed by atoms with Crippen LogP contribution in [0.2, 0.25) is 0 Å². The smallest absolute Gasteiger partial charge is 0.404 e. The van der Waals surface area contributed by atoms with Crippen molar-refractivity contribution >= 4 is 11.9 Å². The van der Waals surface area contributed by atoms with E-state index in [0.717, 1.165) is 0 Å². The van der Waals surface area contributed by atoms with Crippen LogP contribution in [0.1, 0.15) is 13.3 Å². The Bertz CT molecular complexity index is 207. The van der Waals surface area contributed by atoms with Crippen molar-refractivity contribution in [2.75, 3.05) is 13.2 Å². The molecule has 0 bridgehead atoms. The van der Waals surface area contributed by atoms with E-state index in [1.165, 1.54) is 0 Å². The minimum absolute atomic E-state index is 0.103. The molecular formula is C7H16N4O3. The first-order chi connectivity index (χ1) is 6.61. The van der Waals surface area contributed by atoms with Crippen molar-refractivity contribution in [3.8, 4) is 0 Å². The first-order valence-electron chi connectivity index (χ1n) is 4.24. The number of carbonyl (C=O) groups excluding carboxylic acids is 1. The Morgan fingerprint density at radius 2 is 2.29 bits per heavy atom. The van der Waals surface area contributed by atoms with Crippen molar-refractivity contribution in [3.63, 3.8) is 0 Å². The maximum atomic E-state index is 10.2. The maximum Gasteiger partial charge on any atom is 0.404 e. The molecule has 0 radical (unpaired) electrons. The highest BCUT2D eigenvalue weighted by Gasteiger charge is 2.09. The third-order valence-electron chi connectivity index (χ3n) is 1.62. The molecule has 0 saturated heterocycles. The average Bonchev–Trinajstić information content (AvgIpc) is 2.16. The van der Waals surface area contributed by atoms with E-state index in [0.29, 0.717) is 13.0 Å². The highest BCUT2D eigenvalue weighted by Crippen LogP contribution is 1.90. The third kappa shape index (κ3) is 5.20. The van der Waals surface area contributed by atoms with Gasteiger partial charge in [-0.25, -0.2) is 4.79 Å². The number of amides is 1. The lowest BCUT2D eigenvalue weighted by molar-refractivity contribution is 0.156. The molecule has 0 heterocycles. The van der Waals surface area contributed by atoms with Gasteiger partial charge in [-0.15, -0.1) is 0 Å². The highest BCUT2D eigenvalue weighted by atomic mass is 16.5. The molecule has 0 spiro atoms. The number of rotatable bonds is 6. The van der Waals surface area contributed by atoms with Crippen LogP contribution in [0.4, 0.5) is 4.79 Å². The molecule has 0 aromatic heterocycles. The normalized spacial score (nSPS) is 13.6. The van der Waals surface area contributed by atoms with Gasteiger partial charge in [-0.1, -0.05) is 12.1 Å². The van der Waals surface area contributed by atoms with Crippen molar-refractivity contribution in [2.24, 2.45) is 16.6 Å². The fraction of sp³-hybridized carbons (Fsp3) is 0.714. The minimum Gasteiger partial charge on any atom is -0.448 e. The lowest BCUT2D eigenvalue weighted by Gasteiger charge is -2.14. The van der Waals surface area contributed by atoms with Gasteiger partial charge in [0.2, 0.25) is 0 Å². The number of nitrogens with one attached hydrogen (secondary N) is 1. The summed E-state index contributed by atoms with van der Waals surface area (Å²) in [4.78, 5) is 10.2. The van der Waals surface area contributed by atoms with Crippen LogP contribution in [-0.4, -0.2) is 36.3 Å². The van der Waals surface area contributed by atoms with E-state index in [1.54, 1.807) is 0 Å². The van der Waals surface area contributed by atoms with E-state index in [2.05, 4.69) is 15.2 Å². The molecule has 0 saturated carbocycles. The van der Waals surface area contributed by atoms with Crippen molar-refractivity contribution in [1.82, 2.24) is 5.32 Å². The van der Waals surface area contributed by atoms with E-state index < -0.39 is 6.09 Å². The van der Waals surface area contributed by atoms with Crippen LogP contribution >= 0.6 is 0 Å². The Kier molecular flexibility index (Phi) is 6.21. The summed E-state index contributed by atoms with van der Waals surface area (Å²) in [5.74, 6) is 0.103. The number of hydrogen-bond donors (Lipinski definition) is 4. The molecule has 0 fully saturated rings. The number of ether oxygens (including phenoxy) is 1. The summed E-state index contributed by atoms with van der Waals surface area (Å²) in [6, 6.07) is -0.225. The van der Waals surface area contributed by atoms with E-state index in [4.69, 9.17) is 16.7 Å². The lowest BCUT2D eigenvalue weighted by atomic mass is 10.2. The quantitative estimate of drug-likeness (QED) is 0.148. The second-order valence-electron chi connectivity index (χ2n) is 2.61. The number of primary amides is 1. The molecule has 1 unspecified atom stereocenters. The summed E-state index contributed by atoms with van der Waals surface area (Å²) < 4.78 is 4.48. The molecular weight excluding hydrogens is 188 g/mol. The first-order valence-corrected chi connectivity index (χ1v) is 4.24. The molecule has 0 rings (SSSR count). The number of hydrogen-bond acceptors (Lipinski definition) is 5. The molecule has 82 valence electrons. The van der Waals surface area contributed by atoms with Gasteiger partial charge in [0.1, 0.15) is 6.61 Å². The molecule has 0 aromatic carbocycles. The zero-order valence-electron chi connectivity index (χ0n) is 8.06. The average molecular weight is 204 g/mol. The van der Waals surface area contributed by atoms with Crippen molar-refractivity contribution in [3.05, 3.63) is 0 Å². The van der Waals surface area contributed by atoms with Crippen LogP contribution < -0.4 is 16.8 Å². The van der Waals surface area contributed by atoms with Gasteiger partial charge in [0.25, 0.3) is 0 Å². The third-order valence-corrected chi connectivity index (χ3v) is 1.62. The maximum absolute atomic E-state index is 10.2. The molecule has 0 aliphatic rings. The van der Waals surface area contributed by atoms with Gasteiger partial charge in [-0.2, -0.15) is 0 Å². The summed E-state index contributed by atoms with van der Waals surface area (Å²) in [6.07, 6.45) is -0.143. The van der Waals surface area contributed by atoms with Gasteiger partial charge >= 0.3 is 6.09 Å². The summed E-state index contributed by atoms with van der Waals surface area (Å²) in [6.45, 7) is 2.44. The highest BCUT2D eigenvalue weighted by molar-refractivity contribution is 5.85. The summed E-state index contributed by atoms with van der Waals surface area (Å²) in [7, 11) is 0. The Morgan fingerprint density at radius 1 is 1.64 bits per heavy atom. The molecule has 7 nitrogen and oxygen atoms in total. The van der Waals surface area contributed by atoms with Gasteiger partial charge in [0, 0.05) is 6.54 Å².